The first-order chi connectivity index (χ1) is 12.8. The predicted molar refractivity (Wildman–Crippen MR) is 104 cm³/mol. The van der Waals surface area contributed by atoms with Crippen molar-refractivity contribution in [2.24, 2.45) is 4.99 Å². The molecule has 1 atom stereocenters. The van der Waals surface area contributed by atoms with Gasteiger partial charge in [-0.2, -0.15) is 0 Å². The maximum atomic E-state index is 5.68. The summed E-state index contributed by atoms with van der Waals surface area (Å²) in [5.74, 6) is 1.92. The SMILES string of the molecule is CN=C(NCCOCC1CCCO1)NC1CCN(c2ccccn2)CC1. The van der Waals surface area contributed by atoms with Crippen molar-refractivity contribution in [1.29, 1.82) is 0 Å². The first-order valence-corrected chi connectivity index (χ1v) is 9.67. The van der Waals surface area contributed by atoms with Crippen molar-refractivity contribution in [3.05, 3.63) is 24.4 Å². The third kappa shape index (κ3) is 5.85. The van der Waals surface area contributed by atoms with Gasteiger partial charge in [-0.05, 0) is 37.8 Å². The molecule has 2 fully saturated rings. The van der Waals surface area contributed by atoms with Crippen LogP contribution in [-0.2, 0) is 9.47 Å². The quantitative estimate of drug-likeness (QED) is 0.435. The molecule has 0 aliphatic carbocycles. The van der Waals surface area contributed by atoms with E-state index in [-0.39, 0.29) is 6.10 Å². The number of anilines is 1. The zero-order chi connectivity index (χ0) is 18.0. The lowest BCUT2D eigenvalue weighted by atomic mass is 10.1. The molecule has 7 nitrogen and oxygen atoms in total. The van der Waals surface area contributed by atoms with Crippen LogP contribution in [0.2, 0.25) is 0 Å². The van der Waals surface area contributed by atoms with Gasteiger partial charge < -0.3 is 25.0 Å². The summed E-state index contributed by atoms with van der Waals surface area (Å²) >= 11 is 0. The fourth-order valence-corrected chi connectivity index (χ4v) is 3.41. The van der Waals surface area contributed by atoms with Gasteiger partial charge in [0.15, 0.2) is 5.96 Å². The van der Waals surface area contributed by atoms with E-state index in [4.69, 9.17) is 9.47 Å². The van der Waals surface area contributed by atoms with Gasteiger partial charge in [0.2, 0.25) is 0 Å². The number of hydrogen-bond donors (Lipinski definition) is 2. The number of ether oxygens (including phenoxy) is 2. The fourth-order valence-electron chi connectivity index (χ4n) is 3.41. The van der Waals surface area contributed by atoms with Gasteiger partial charge >= 0.3 is 0 Å². The molecule has 3 heterocycles. The summed E-state index contributed by atoms with van der Waals surface area (Å²) in [6.07, 6.45) is 6.57. The average Bonchev–Trinajstić information content (AvgIpc) is 3.21. The predicted octanol–water partition coefficient (Wildman–Crippen LogP) is 1.41. The molecule has 26 heavy (non-hydrogen) atoms. The van der Waals surface area contributed by atoms with Crippen LogP contribution in [0.4, 0.5) is 5.82 Å². The molecule has 1 aromatic rings. The molecule has 1 aromatic heterocycles. The van der Waals surface area contributed by atoms with Crippen LogP contribution in [0, 0.1) is 0 Å². The Kier molecular flexibility index (Phi) is 7.51. The van der Waals surface area contributed by atoms with Crippen LogP contribution in [0.3, 0.4) is 0 Å². The number of hydrogen-bond acceptors (Lipinski definition) is 5. The summed E-state index contributed by atoms with van der Waals surface area (Å²) in [6, 6.07) is 6.51. The van der Waals surface area contributed by atoms with Crippen LogP contribution in [-0.4, -0.2) is 69.6 Å². The molecule has 2 saturated heterocycles. The minimum atomic E-state index is 0.289. The Bertz CT molecular complexity index is 540. The van der Waals surface area contributed by atoms with E-state index in [0.29, 0.717) is 19.3 Å². The van der Waals surface area contributed by atoms with E-state index < -0.39 is 0 Å². The molecule has 2 N–H and O–H groups in total. The van der Waals surface area contributed by atoms with Crippen molar-refractivity contribution in [2.75, 3.05) is 51.4 Å². The molecule has 0 radical (unpaired) electrons. The van der Waals surface area contributed by atoms with Crippen molar-refractivity contribution in [2.45, 2.75) is 37.8 Å². The highest BCUT2D eigenvalue weighted by atomic mass is 16.5. The minimum Gasteiger partial charge on any atom is -0.377 e. The number of aliphatic imine (C=N–C) groups is 1. The number of piperidine rings is 1. The van der Waals surface area contributed by atoms with E-state index >= 15 is 0 Å². The molecule has 0 amide bonds. The Labute approximate surface area is 156 Å². The van der Waals surface area contributed by atoms with Gasteiger partial charge in [-0.15, -0.1) is 0 Å². The molecule has 1 unspecified atom stereocenters. The topological polar surface area (TPSA) is 71.0 Å². The molecule has 144 valence electrons. The van der Waals surface area contributed by atoms with Gasteiger partial charge in [-0.25, -0.2) is 4.98 Å². The highest BCUT2D eigenvalue weighted by Gasteiger charge is 2.20. The number of nitrogens with one attached hydrogen (secondary N) is 2. The van der Waals surface area contributed by atoms with Crippen molar-refractivity contribution < 1.29 is 9.47 Å². The number of nitrogens with zero attached hydrogens (tertiary/aromatic N) is 3. The lowest BCUT2D eigenvalue weighted by molar-refractivity contribution is 0.0191. The second-order valence-electron chi connectivity index (χ2n) is 6.80. The lowest BCUT2D eigenvalue weighted by Crippen LogP contribution is -2.49. The fraction of sp³-hybridized carbons (Fsp3) is 0.684. The van der Waals surface area contributed by atoms with E-state index in [1.54, 1.807) is 0 Å². The Hall–Kier alpha value is -1.86. The first kappa shape index (κ1) is 18.9. The van der Waals surface area contributed by atoms with Crippen molar-refractivity contribution >= 4 is 11.8 Å². The molecule has 0 spiro atoms. The normalized spacial score (nSPS) is 21.8. The summed E-state index contributed by atoms with van der Waals surface area (Å²) in [4.78, 5) is 11.1. The van der Waals surface area contributed by atoms with Crippen molar-refractivity contribution in [1.82, 2.24) is 15.6 Å². The van der Waals surface area contributed by atoms with E-state index in [2.05, 4.69) is 31.6 Å². The van der Waals surface area contributed by atoms with Crippen LogP contribution in [0.15, 0.2) is 29.4 Å². The summed E-state index contributed by atoms with van der Waals surface area (Å²) in [6.45, 7) is 5.01. The highest BCUT2D eigenvalue weighted by Crippen LogP contribution is 2.17. The molecule has 2 aliphatic heterocycles. The maximum Gasteiger partial charge on any atom is 0.191 e. The summed E-state index contributed by atoms with van der Waals surface area (Å²) in [5.41, 5.74) is 0. The van der Waals surface area contributed by atoms with Crippen LogP contribution in [0.5, 0.6) is 0 Å². The standard InChI is InChI=1S/C19H31N5O2/c1-20-19(22-10-14-25-15-17-5-4-13-26-17)23-16-7-11-24(12-8-16)18-6-2-3-9-21-18/h2-3,6,9,16-17H,4-5,7-8,10-15H2,1H3,(H2,20,22,23). The van der Waals surface area contributed by atoms with Crippen LogP contribution in [0.1, 0.15) is 25.7 Å². The van der Waals surface area contributed by atoms with Gasteiger partial charge in [-0.1, -0.05) is 6.07 Å². The molecular formula is C19H31N5O2. The molecule has 0 aromatic carbocycles. The van der Waals surface area contributed by atoms with Gasteiger partial charge in [0.05, 0.1) is 19.3 Å². The highest BCUT2D eigenvalue weighted by molar-refractivity contribution is 5.79. The van der Waals surface area contributed by atoms with E-state index in [9.17, 15) is 0 Å². The van der Waals surface area contributed by atoms with E-state index in [0.717, 1.165) is 63.7 Å². The van der Waals surface area contributed by atoms with Crippen molar-refractivity contribution in [3.63, 3.8) is 0 Å². The monoisotopic (exact) mass is 361 g/mol. The van der Waals surface area contributed by atoms with Gasteiger partial charge in [0, 0.05) is 45.5 Å². The Morgan fingerprint density at radius 2 is 2.23 bits per heavy atom. The average molecular weight is 361 g/mol. The molecule has 2 aliphatic rings. The smallest absolute Gasteiger partial charge is 0.191 e. The minimum absolute atomic E-state index is 0.289. The summed E-state index contributed by atoms with van der Waals surface area (Å²) in [5, 5.41) is 6.85. The third-order valence-electron chi connectivity index (χ3n) is 4.90. The Morgan fingerprint density at radius 3 is 2.92 bits per heavy atom. The Balaban J connectivity index is 1.30. The summed E-state index contributed by atoms with van der Waals surface area (Å²) in [7, 11) is 1.81. The van der Waals surface area contributed by atoms with E-state index in [1.165, 1.54) is 0 Å². The first-order valence-electron chi connectivity index (χ1n) is 9.67. The number of pyridine rings is 1. The number of guanidine groups is 1. The lowest BCUT2D eigenvalue weighted by Gasteiger charge is -2.33. The molecule has 0 saturated carbocycles. The molecule has 3 rings (SSSR count). The third-order valence-corrected chi connectivity index (χ3v) is 4.90. The van der Waals surface area contributed by atoms with Crippen LogP contribution >= 0.6 is 0 Å². The summed E-state index contributed by atoms with van der Waals surface area (Å²) < 4.78 is 11.2. The van der Waals surface area contributed by atoms with Gasteiger partial charge in [0.1, 0.15) is 5.82 Å². The maximum absolute atomic E-state index is 5.68. The van der Waals surface area contributed by atoms with Crippen molar-refractivity contribution in [3.8, 4) is 0 Å². The second kappa shape index (κ2) is 10.3. The van der Waals surface area contributed by atoms with E-state index in [1.807, 2.05) is 25.4 Å². The molecule has 7 heteroatoms. The van der Waals surface area contributed by atoms with Gasteiger partial charge in [-0.3, -0.25) is 4.99 Å². The molecular weight excluding hydrogens is 330 g/mol. The Morgan fingerprint density at radius 1 is 1.35 bits per heavy atom. The van der Waals surface area contributed by atoms with Crippen LogP contribution in [0.25, 0.3) is 0 Å². The van der Waals surface area contributed by atoms with Gasteiger partial charge in [0.25, 0.3) is 0 Å². The molecule has 0 bridgehead atoms. The largest absolute Gasteiger partial charge is 0.377 e. The number of aromatic nitrogens is 1. The zero-order valence-electron chi connectivity index (χ0n) is 15.7. The second-order valence-corrected chi connectivity index (χ2v) is 6.80. The number of rotatable bonds is 7. The zero-order valence-corrected chi connectivity index (χ0v) is 15.7. The van der Waals surface area contributed by atoms with Crippen LogP contribution < -0.4 is 15.5 Å².